The van der Waals surface area contributed by atoms with Gasteiger partial charge in [0.25, 0.3) is 5.56 Å². The standard InChI is InChI=1S/C16H19N3O3/c1-2-13-16(22)17-14(19(18-13)11-15(20)21)10-6-9-12-7-4-3-5-8-12/h3-5,7-8H,2,6,9-11H2,1H3,(H,20,21). The van der Waals surface area contributed by atoms with Crippen molar-refractivity contribution in [3.8, 4) is 0 Å². The Kier molecular flexibility index (Phi) is 5.41. The molecule has 2 aromatic rings. The second-order valence-corrected chi connectivity index (χ2v) is 5.02. The van der Waals surface area contributed by atoms with Crippen LogP contribution in [0, 0.1) is 0 Å². The van der Waals surface area contributed by atoms with Gasteiger partial charge in [-0.3, -0.25) is 9.59 Å². The fraction of sp³-hybridized carbons (Fsp3) is 0.375. The van der Waals surface area contributed by atoms with Crippen molar-refractivity contribution in [1.29, 1.82) is 0 Å². The minimum atomic E-state index is -0.996. The van der Waals surface area contributed by atoms with Gasteiger partial charge in [0, 0.05) is 6.42 Å². The zero-order chi connectivity index (χ0) is 15.9. The van der Waals surface area contributed by atoms with Crippen molar-refractivity contribution in [3.63, 3.8) is 0 Å². The van der Waals surface area contributed by atoms with E-state index in [2.05, 4.69) is 10.1 Å². The van der Waals surface area contributed by atoms with Gasteiger partial charge in [0.05, 0.1) is 0 Å². The molecule has 0 unspecified atom stereocenters. The third-order valence-corrected chi connectivity index (χ3v) is 3.35. The van der Waals surface area contributed by atoms with Gasteiger partial charge in [0.15, 0.2) is 0 Å². The van der Waals surface area contributed by atoms with Gasteiger partial charge in [-0.05, 0) is 24.8 Å². The average molecular weight is 301 g/mol. The van der Waals surface area contributed by atoms with E-state index >= 15 is 0 Å². The summed E-state index contributed by atoms with van der Waals surface area (Å²) >= 11 is 0. The fourth-order valence-electron chi connectivity index (χ4n) is 2.24. The van der Waals surface area contributed by atoms with Gasteiger partial charge in [-0.1, -0.05) is 37.3 Å². The van der Waals surface area contributed by atoms with Crippen LogP contribution in [0.3, 0.4) is 0 Å². The molecule has 6 heteroatoms. The van der Waals surface area contributed by atoms with Crippen LogP contribution in [0.5, 0.6) is 0 Å². The molecular weight excluding hydrogens is 282 g/mol. The van der Waals surface area contributed by atoms with Crippen LogP contribution in [0.2, 0.25) is 0 Å². The number of carboxylic acid groups (broad SMARTS) is 1. The molecule has 1 N–H and O–H groups in total. The first-order valence-electron chi connectivity index (χ1n) is 7.32. The fourth-order valence-corrected chi connectivity index (χ4v) is 2.24. The number of benzene rings is 1. The molecule has 116 valence electrons. The Morgan fingerprint density at radius 2 is 1.95 bits per heavy atom. The van der Waals surface area contributed by atoms with Crippen molar-refractivity contribution in [1.82, 2.24) is 14.8 Å². The van der Waals surface area contributed by atoms with Gasteiger partial charge in [-0.15, -0.1) is 0 Å². The molecule has 6 nitrogen and oxygen atoms in total. The first kappa shape index (κ1) is 15.9. The quantitative estimate of drug-likeness (QED) is 0.837. The normalized spacial score (nSPS) is 10.6. The van der Waals surface area contributed by atoms with Crippen molar-refractivity contribution in [2.75, 3.05) is 0 Å². The molecule has 0 atom stereocenters. The molecule has 0 aliphatic rings. The highest BCUT2D eigenvalue weighted by Gasteiger charge is 2.11. The number of carbonyl (C=O) groups is 1. The monoisotopic (exact) mass is 301 g/mol. The molecule has 1 heterocycles. The molecule has 0 aliphatic heterocycles. The number of rotatable bonds is 7. The van der Waals surface area contributed by atoms with E-state index in [9.17, 15) is 9.59 Å². The Hall–Kier alpha value is -2.50. The summed E-state index contributed by atoms with van der Waals surface area (Å²) in [5.74, 6) is -0.565. The zero-order valence-electron chi connectivity index (χ0n) is 12.5. The molecule has 1 aromatic carbocycles. The van der Waals surface area contributed by atoms with Crippen LogP contribution in [-0.4, -0.2) is 25.8 Å². The van der Waals surface area contributed by atoms with Crippen molar-refractivity contribution in [3.05, 3.63) is 57.8 Å². The van der Waals surface area contributed by atoms with E-state index in [4.69, 9.17) is 5.11 Å². The van der Waals surface area contributed by atoms with Crippen LogP contribution in [-0.2, 0) is 30.6 Å². The molecule has 22 heavy (non-hydrogen) atoms. The molecule has 2 rings (SSSR count). The maximum absolute atomic E-state index is 11.8. The predicted octanol–water partition coefficient (Wildman–Crippen LogP) is 1.46. The highest BCUT2D eigenvalue weighted by Crippen LogP contribution is 2.06. The van der Waals surface area contributed by atoms with Gasteiger partial charge in [-0.25, -0.2) is 4.68 Å². The van der Waals surface area contributed by atoms with Crippen molar-refractivity contribution in [2.45, 2.75) is 39.2 Å². The number of carboxylic acids is 1. The van der Waals surface area contributed by atoms with Gasteiger partial charge in [-0.2, -0.15) is 10.1 Å². The molecular formula is C16H19N3O3. The number of nitrogens with zero attached hydrogens (tertiary/aromatic N) is 3. The van der Waals surface area contributed by atoms with E-state index < -0.39 is 5.97 Å². The smallest absolute Gasteiger partial charge is 0.325 e. The van der Waals surface area contributed by atoms with E-state index in [0.717, 1.165) is 12.8 Å². The second-order valence-electron chi connectivity index (χ2n) is 5.02. The summed E-state index contributed by atoms with van der Waals surface area (Å²) in [5, 5.41) is 13.1. The minimum absolute atomic E-state index is 0.277. The van der Waals surface area contributed by atoms with Gasteiger partial charge >= 0.3 is 5.97 Å². The Balaban J connectivity index is 2.12. The molecule has 0 aliphatic carbocycles. The molecule has 0 saturated carbocycles. The summed E-state index contributed by atoms with van der Waals surface area (Å²) in [6.45, 7) is 1.52. The molecule has 1 aromatic heterocycles. The van der Waals surface area contributed by atoms with Crippen molar-refractivity contribution < 1.29 is 9.90 Å². The summed E-state index contributed by atoms with van der Waals surface area (Å²) in [5.41, 5.74) is 1.14. The summed E-state index contributed by atoms with van der Waals surface area (Å²) < 4.78 is 1.33. The van der Waals surface area contributed by atoms with Crippen LogP contribution in [0.4, 0.5) is 0 Å². The van der Waals surface area contributed by atoms with E-state index in [1.54, 1.807) is 6.92 Å². The lowest BCUT2D eigenvalue weighted by atomic mass is 10.1. The highest BCUT2D eigenvalue weighted by molar-refractivity contribution is 5.66. The van der Waals surface area contributed by atoms with E-state index in [1.807, 2.05) is 30.3 Å². The number of aromatic nitrogens is 3. The van der Waals surface area contributed by atoms with Crippen LogP contribution in [0.15, 0.2) is 35.1 Å². The zero-order valence-corrected chi connectivity index (χ0v) is 12.5. The first-order chi connectivity index (χ1) is 10.6. The maximum Gasteiger partial charge on any atom is 0.325 e. The number of hydrogen-bond donors (Lipinski definition) is 1. The number of aryl methyl sites for hydroxylation is 3. The molecule has 0 amide bonds. The van der Waals surface area contributed by atoms with Crippen LogP contribution in [0.1, 0.15) is 30.4 Å². The molecule has 0 spiro atoms. The summed E-state index contributed by atoms with van der Waals surface area (Å²) in [7, 11) is 0. The van der Waals surface area contributed by atoms with Gasteiger partial charge in [0.2, 0.25) is 0 Å². The maximum atomic E-state index is 11.8. The highest BCUT2D eigenvalue weighted by atomic mass is 16.4. The lowest BCUT2D eigenvalue weighted by Gasteiger charge is -2.10. The van der Waals surface area contributed by atoms with Crippen molar-refractivity contribution >= 4 is 5.97 Å². The van der Waals surface area contributed by atoms with E-state index in [1.165, 1.54) is 10.2 Å². The SMILES string of the molecule is CCc1nn(CC(=O)O)c(CCCc2ccccc2)nc1=O. The van der Waals surface area contributed by atoms with Crippen LogP contribution in [0.25, 0.3) is 0 Å². The lowest BCUT2D eigenvalue weighted by Crippen LogP contribution is -2.27. The number of hydrogen-bond acceptors (Lipinski definition) is 4. The lowest BCUT2D eigenvalue weighted by molar-refractivity contribution is -0.138. The van der Waals surface area contributed by atoms with Gasteiger partial charge < -0.3 is 5.11 Å². The van der Waals surface area contributed by atoms with Crippen LogP contribution < -0.4 is 5.56 Å². The molecule has 0 fully saturated rings. The van der Waals surface area contributed by atoms with Crippen LogP contribution >= 0.6 is 0 Å². The second kappa shape index (κ2) is 7.49. The first-order valence-corrected chi connectivity index (χ1v) is 7.32. The summed E-state index contributed by atoms with van der Waals surface area (Å²) in [4.78, 5) is 26.8. The predicted molar refractivity (Wildman–Crippen MR) is 81.8 cm³/mol. The van der Waals surface area contributed by atoms with E-state index in [0.29, 0.717) is 24.4 Å². The average Bonchev–Trinajstić information content (AvgIpc) is 2.50. The Morgan fingerprint density at radius 1 is 1.23 bits per heavy atom. The molecule has 0 saturated heterocycles. The Morgan fingerprint density at radius 3 is 2.59 bits per heavy atom. The van der Waals surface area contributed by atoms with E-state index in [-0.39, 0.29) is 12.1 Å². The minimum Gasteiger partial charge on any atom is -0.480 e. The topological polar surface area (TPSA) is 85.1 Å². The summed E-state index contributed by atoms with van der Waals surface area (Å²) in [6.07, 6.45) is 2.59. The molecule has 0 bridgehead atoms. The Labute approximate surface area is 128 Å². The largest absolute Gasteiger partial charge is 0.480 e. The molecule has 0 radical (unpaired) electrons. The third kappa shape index (κ3) is 4.25. The Bertz CT molecular complexity index is 696. The summed E-state index contributed by atoms with van der Waals surface area (Å²) in [6, 6.07) is 9.99. The van der Waals surface area contributed by atoms with Gasteiger partial charge in [0.1, 0.15) is 18.1 Å². The third-order valence-electron chi connectivity index (χ3n) is 3.35. The van der Waals surface area contributed by atoms with Crippen molar-refractivity contribution in [2.24, 2.45) is 0 Å². The number of aliphatic carboxylic acids is 1.